The van der Waals surface area contributed by atoms with Crippen molar-refractivity contribution in [1.82, 2.24) is 16.0 Å². The molecule has 9 heterocycles. The van der Waals surface area contributed by atoms with Crippen molar-refractivity contribution in [3.8, 4) is 0 Å². The van der Waals surface area contributed by atoms with E-state index in [-0.39, 0.29) is 0 Å². The second-order valence-electron chi connectivity index (χ2n) is 27.4. The van der Waals surface area contributed by atoms with E-state index in [4.69, 9.17) is 80.5 Å². The fourth-order valence-corrected chi connectivity index (χ4v) is 13.8. The average Bonchev–Trinajstić information content (AvgIpc) is 0.765. The molecule has 27 N–H and O–H groups in total. The predicted octanol–water partition coefficient (Wildman–Crippen LogP) is -18.1. The van der Waals surface area contributed by atoms with Crippen LogP contribution in [0.3, 0.4) is 0 Å². The molecule has 0 aromatic rings. The number of carbonyl (C=O) groups excluding carboxylic acids is 3. The molecule has 0 aromatic heterocycles. The summed E-state index contributed by atoms with van der Waals surface area (Å²) in [6, 6.07) is -5.75. The molecule has 0 saturated carbocycles. The van der Waals surface area contributed by atoms with E-state index in [0.29, 0.717) is 0 Å². The summed E-state index contributed by atoms with van der Waals surface area (Å²) in [6.07, 6.45) is -84.0. The zero-order chi connectivity index (χ0) is 78.8. The standard InChI is InChI=1S/C60H101N3O44/c1-13-28(72)36(80)41(85)55(93-13)92-12-24-48(49(27(52(90)95-24)63-17(5)71)105-57-43(87)37(81)29(73)14(2)94-57)104-53-25(61-15(3)69)34(78)47(22(10-68)99-53)103-59-45(89)50(33(77)23(101-59)11-91-56-42(86)38(82)30(74)18(6-64)96-56)106-60-51(40(84)32(76)20(8-66)98-60)107-54-26(62-16(4)70)35(79)46(21(9-67)100-54)102-58-44(88)39(83)31(75)19(7-65)97-58/h13-14,18-60,64-68,72-90H,6-12H2,1-5H3,(H,61,69)(H,62,70)(H,63,71)/t13-,14-,18+,19+,20+,21+,22+,23+,24+,25+,26+,27+,28+,29+,30+,31-,32+,33+,34+,35+,36+,37+,38-,39-,40-,41-,42-,43-,44+,45-,46+,47+,48+,49+,50-,51-,52+,53-,54-,55+,56-,57-,58-,59-,60+/m0/s1. The quantitative estimate of drug-likeness (QED) is 0.0382. The Morgan fingerprint density at radius 1 is 0.262 bits per heavy atom. The highest BCUT2D eigenvalue weighted by Crippen LogP contribution is 2.40. The van der Waals surface area contributed by atoms with Crippen molar-refractivity contribution in [1.29, 1.82) is 0 Å². The maximum Gasteiger partial charge on any atom is 0.217 e. The minimum Gasteiger partial charge on any atom is -0.394 e. The number of ether oxygens (including phenoxy) is 17. The Hall–Kier alpha value is -3.23. The lowest BCUT2D eigenvalue weighted by atomic mass is 9.93. The molecule has 9 rings (SSSR count). The van der Waals surface area contributed by atoms with Crippen LogP contribution in [0.5, 0.6) is 0 Å². The average molecular weight is 1570 g/mol. The molecule has 0 radical (unpaired) electrons. The molecule has 620 valence electrons. The molecule has 9 aliphatic rings. The normalized spacial score (nSPS) is 50.7. The first-order chi connectivity index (χ1) is 50.5. The van der Waals surface area contributed by atoms with E-state index in [0.717, 1.165) is 20.8 Å². The highest BCUT2D eigenvalue weighted by atomic mass is 16.8. The van der Waals surface area contributed by atoms with E-state index < -0.39 is 340 Å². The van der Waals surface area contributed by atoms with Gasteiger partial charge in [0.1, 0.15) is 207 Å². The van der Waals surface area contributed by atoms with Gasteiger partial charge in [-0.25, -0.2) is 0 Å². The van der Waals surface area contributed by atoms with Crippen LogP contribution in [0.25, 0.3) is 0 Å². The molecule has 0 bridgehead atoms. The van der Waals surface area contributed by atoms with Crippen molar-refractivity contribution in [3.63, 3.8) is 0 Å². The number of hydrogen-bond acceptors (Lipinski definition) is 44. The zero-order valence-corrected chi connectivity index (χ0v) is 57.8. The van der Waals surface area contributed by atoms with Gasteiger partial charge in [0.15, 0.2) is 56.6 Å². The Morgan fingerprint density at radius 3 is 1.04 bits per heavy atom. The summed E-state index contributed by atoms with van der Waals surface area (Å²) < 4.78 is 101. The van der Waals surface area contributed by atoms with Crippen molar-refractivity contribution < 1.29 is 217 Å². The molecule has 107 heavy (non-hydrogen) atoms. The van der Waals surface area contributed by atoms with E-state index in [1.165, 1.54) is 13.8 Å². The number of rotatable bonds is 26. The molecule has 3 amide bonds. The van der Waals surface area contributed by atoms with Gasteiger partial charge in [-0.1, -0.05) is 0 Å². The Labute approximate surface area is 606 Å². The number of hydrogen-bond donors (Lipinski definition) is 27. The van der Waals surface area contributed by atoms with Gasteiger partial charge in [-0.15, -0.1) is 0 Å². The second-order valence-corrected chi connectivity index (χ2v) is 27.4. The molecule has 0 spiro atoms. The van der Waals surface area contributed by atoms with Crippen LogP contribution in [0.4, 0.5) is 0 Å². The second kappa shape index (κ2) is 37.8. The molecule has 47 heteroatoms. The number of nitrogens with one attached hydrogen (secondary N) is 3. The molecule has 0 aromatic carbocycles. The Kier molecular flexibility index (Phi) is 31.0. The van der Waals surface area contributed by atoms with Gasteiger partial charge < -0.3 is 219 Å². The van der Waals surface area contributed by atoms with E-state index in [1.807, 2.05) is 0 Å². The molecule has 45 atom stereocenters. The first-order valence-corrected chi connectivity index (χ1v) is 34.3. The first kappa shape index (κ1) is 87.7. The highest BCUT2D eigenvalue weighted by Gasteiger charge is 2.61. The van der Waals surface area contributed by atoms with Crippen LogP contribution in [0.15, 0.2) is 0 Å². The topological polar surface area (TPSA) is 730 Å². The summed E-state index contributed by atoms with van der Waals surface area (Å²) in [5.74, 6) is -2.79. The number of amides is 3. The van der Waals surface area contributed by atoms with Gasteiger partial charge in [-0.3, -0.25) is 14.4 Å². The summed E-state index contributed by atoms with van der Waals surface area (Å²) in [5.41, 5.74) is 0. The van der Waals surface area contributed by atoms with Gasteiger partial charge in [0.2, 0.25) is 17.7 Å². The number of aliphatic hydroxyl groups excluding tert-OH is 24. The van der Waals surface area contributed by atoms with Crippen LogP contribution in [0.2, 0.25) is 0 Å². The third-order valence-corrected chi connectivity index (χ3v) is 19.9. The summed E-state index contributed by atoms with van der Waals surface area (Å²) in [7, 11) is 0. The van der Waals surface area contributed by atoms with Crippen LogP contribution in [0, 0.1) is 0 Å². The summed E-state index contributed by atoms with van der Waals surface area (Å²) in [6.45, 7) is -1.89. The molecular formula is C60H101N3O44. The predicted molar refractivity (Wildman–Crippen MR) is 329 cm³/mol. The van der Waals surface area contributed by atoms with Gasteiger partial charge in [-0.05, 0) is 13.8 Å². The molecule has 0 unspecified atom stereocenters. The van der Waals surface area contributed by atoms with E-state index >= 15 is 0 Å². The van der Waals surface area contributed by atoms with Crippen LogP contribution in [-0.4, -0.2) is 463 Å². The third-order valence-electron chi connectivity index (χ3n) is 19.9. The molecule has 9 fully saturated rings. The van der Waals surface area contributed by atoms with Gasteiger partial charge in [0.25, 0.3) is 0 Å². The van der Waals surface area contributed by atoms with Crippen molar-refractivity contribution in [2.24, 2.45) is 0 Å². The molecule has 9 saturated heterocycles. The lowest BCUT2D eigenvalue weighted by Crippen LogP contribution is -2.71. The lowest BCUT2D eigenvalue weighted by molar-refractivity contribution is -0.398. The van der Waals surface area contributed by atoms with Gasteiger partial charge in [0.05, 0.1) is 58.5 Å². The summed E-state index contributed by atoms with van der Waals surface area (Å²) in [5, 5.41) is 272. The number of carbonyl (C=O) groups is 3. The van der Waals surface area contributed by atoms with Crippen LogP contribution in [-0.2, 0) is 94.9 Å². The minimum atomic E-state index is -2.53. The monoisotopic (exact) mass is 1570 g/mol. The van der Waals surface area contributed by atoms with E-state index in [9.17, 15) is 137 Å². The maximum atomic E-state index is 13.3. The molecule has 47 nitrogen and oxygen atoms in total. The summed E-state index contributed by atoms with van der Waals surface area (Å²) >= 11 is 0. The molecular weight excluding hydrogens is 1470 g/mol. The van der Waals surface area contributed by atoms with Crippen molar-refractivity contribution >= 4 is 17.7 Å². The fraction of sp³-hybridized carbons (Fsp3) is 0.950. The highest BCUT2D eigenvalue weighted by molar-refractivity contribution is 5.74. The maximum absolute atomic E-state index is 13.3. The largest absolute Gasteiger partial charge is 0.394 e. The molecule has 0 aliphatic carbocycles. The van der Waals surface area contributed by atoms with E-state index in [2.05, 4.69) is 16.0 Å². The Balaban J connectivity index is 1.04. The molecule has 9 aliphatic heterocycles. The van der Waals surface area contributed by atoms with Gasteiger partial charge >= 0.3 is 0 Å². The minimum absolute atomic E-state index is 0.875. The van der Waals surface area contributed by atoms with Gasteiger partial charge in [-0.2, -0.15) is 0 Å². The van der Waals surface area contributed by atoms with E-state index in [1.54, 1.807) is 0 Å². The van der Waals surface area contributed by atoms with Crippen LogP contribution < -0.4 is 16.0 Å². The van der Waals surface area contributed by atoms with Crippen molar-refractivity contribution in [2.45, 2.75) is 311 Å². The third kappa shape index (κ3) is 19.3. The van der Waals surface area contributed by atoms with Gasteiger partial charge in [0, 0.05) is 20.8 Å². The fourth-order valence-electron chi connectivity index (χ4n) is 13.8. The first-order valence-electron chi connectivity index (χ1n) is 34.3. The smallest absolute Gasteiger partial charge is 0.217 e. The Bertz CT molecular complexity index is 2800. The Morgan fingerprint density at radius 2 is 0.579 bits per heavy atom. The SMILES string of the molecule is CC(=O)N[C@@H]1[C@@H](O[C@@H]2O[C@@H](C)[C@@H](O)[C@@H](O)[C@@H]2O)[C@H](O[C@@H]2O[C@H](CO)[C@@H](O[C@@H]3O[C@H](CO[C@H]4O[C@H](CO)[C@@H](O)[C@H](O)[C@@H]4O)[C@@H](O)[C@H](O[C@H]4O[C@H](CO)[C@@H](O)[C@H](O)[C@@H]4O[C@@H]4O[C@H](CO)[C@@H](O[C@@H]5O[C@H](CO)[C@H](O)[C@H](O)[C@H]5O)[C@H](O)[C@H]4NC(C)=O)[C@@H]3O)[C@H](O)[C@H]2NC(C)=O)[C@@H](CO[C@@H]2O[C@@H](C)[C@@H](O)[C@@H](O)[C@@H]2O)O[C@H]1O. The van der Waals surface area contributed by atoms with Crippen molar-refractivity contribution in [3.05, 3.63) is 0 Å². The van der Waals surface area contributed by atoms with Crippen LogP contribution in [0.1, 0.15) is 34.6 Å². The summed E-state index contributed by atoms with van der Waals surface area (Å²) in [4.78, 5) is 39.1. The van der Waals surface area contributed by atoms with Crippen LogP contribution >= 0.6 is 0 Å². The van der Waals surface area contributed by atoms with Crippen molar-refractivity contribution in [2.75, 3.05) is 46.2 Å². The lowest BCUT2D eigenvalue weighted by Gasteiger charge is -2.51. The number of aliphatic hydroxyl groups is 24. The zero-order valence-electron chi connectivity index (χ0n) is 57.8.